The van der Waals surface area contributed by atoms with Crippen molar-refractivity contribution in [3.05, 3.63) is 124 Å². The fraction of sp³-hybridized carbons (Fsp3) is 0.225. The van der Waals surface area contributed by atoms with Crippen LogP contribution in [0.1, 0.15) is 43.0 Å². The molecule has 0 radical (unpaired) electrons. The smallest absolute Gasteiger partial charge is 0.307 e. The second kappa shape index (κ2) is 12.2. The maximum atomic E-state index is 13.6. The molecular formula is C40H36N2O6. The van der Waals surface area contributed by atoms with E-state index in [9.17, 15) is 14.7 Å². The van der Waals surface area contributed by atoms with Gasteiger partial charge >= 0.3 is 5.97 Å². The van der Waals surface area contributed by atoms with E-state index in [2.05, 4.69) is 0 Å². The molecule has 0 unspecified atom stereocenters. The van der Waals surface area contributed by atoms with E-state index in [0.29, 0.717) is 58.1 Å². The Morgan fingerprint density at radius 1 is 0.958 bits per heavy atom. The predicted octanol–water partition coefficient (Wildman–Crippen LogP) is 8.11. The van der Waals surface area contributed by atoms with Gasteiger partial charge < -0.3 is 23.9 Å². The topological polar surface area (TPSA) is 99.9 Å². The van der Waals surface area contributed by atoms with Crippen LogP contribution < -0.4 is 19.8 Å². The Kier molecular flexibility index (Phi) is 7.87. The zero-order valence-corrected chi connectivity index (χ0v) is 27.4. The van der Waals surface area contributed by atoms with Crippen molar-refractivity contribution in [3.63, 3.8) is 0 Å². The van der Waals surface area contributed by atoms with Crippen molar-refractivity contribution >= 4 is 27.8 Å². The van der Waals surface area contributed by atoms with Crippen molar-refractivity contribution in [1.29, 1.82) is 0 Å². The monoisotopic (exact) mass is 640 g/mol. The highest BCUT2D eigenvalue weighted by molar-refractivity contribution is 6.10. The van der Waals surface area contributed by atoms with Crippen LogP contribution in [0.25, 0.3) is 32.9 Å². The van der Waals surface area contributed by atoms with Gasteiger partial charge in [-0.1, -0.05) is 30.3 Å². The van der Waals surface area contributed by atoms with E-state index < -0.39 is 11.6 Å². The van der Waals surface area contributed by atoms with Gasteiger partial charge in [0, 0.05) is 41.1 Å². The Hall–Kier alpha value is -5.63. The Balaban J connectivity index is 1.45. The van der Waals surface area contributed by atoms with Gasteiger partial charge in [-0.2, -0.15) is 0 Å². The molecule has 2 aromatic heterocycles. The highest BCUT2D eigenvalue weighted by Crippen LogP contribution is 2.48. The number of aromatic nitrogens is 2. The molecule has 8 nitrogen and oxygen atoms in total. The predicted molar refractivity (Wildman–Crippen MR) is 187 cm³/mol. The lowest BCUT2D eigenvalue weighted by atomic mass is 9.87. The fourth-order valence-corrected chi connectivity index (χ4v) is 6.50. The molecule has 0 aliphatic carbocycles. The Morgan fingerprint density at radius 2 is 1.71 bits per heavy atom. The van der Waals surface area contributed by atoms with Crippen LogP contribution in [0.5, 0.6) is 23.0 Å². The van der Waals surface area contributed by atoms with Crippen LogP contribution in [-0.4, -0.2) is 32.8 Å². The second-order valence-electron chi connectivity index (χ2n) is 13.1. The number of ether oxygens (including phenoxy) is 3. The molecule has 0 fully saturated rings. The number of carboxylic acids is 1. The number of para-hydroxylation sites is 1. The molecule has 0 spiro atoms. The molecule has 0 amide bonds. The van der Waals surface area contributed by atoms with Crippen LogP contribution in [0.15, 0.2) is 95.9 Å². The summed E-state index contributed by atoms with van der Waals surface area (Å²) in [5.74, 6) is 1.71. The zero-order valence-electron chi connectivity index (χ0n) is 27.4. The number of rotatable bonds is 8. The summed E-state index contributed by atoms with van der Waals surface area (Å²) >= 11 is 0. The number of carbonyl (C=O) groups is 1. The van der Waals surface area contributed by atoms with Crippen molar-refractivity contribution < 1.29 is 24.1 Å². The summed E-state index contributed by atoms with van der Waals surface area (Å²) in [7, 11) is 0. The fourth-order valence-electron chi connectivity index (χ4n) is 6.50. The first-order valence-corrected chi connectivity index (χ1v) is 16.0. The van der Waals surface area contributed by atoms with Gasteiger partial charge in [-0.3, -0.25) is 14.6 Å². The normalized spacial score (nSPS) is 12.6. The first kappa shape index (κ1) is 31.0. The molecule has 1 N–H and O–H groups in total. The molecule has 0 saturated heterocycles. The molecule has 242 valence electrons. The van der Waals surface area contributed by atoms with Crippen LogP contribution in [-0.2, 0) is 24.2 Å². The van der Waals surface area contributed by atoms with E-state index in [4.69, 9.17) is 19.2 Å². The number of aliphatic carboxylic acids is 1. The van der Waals surface area contributed by atoms with Gasteiger partial charge in [-0.05, 0) is 92.4 Å². The number of hydrogen-bond donors (Lipinski definition) is 1. The van der Waals surface area contributed by atoms with Crippen molar-refractivity contribution in [1.82, 2.24) is 9.55 Å². The zero-order chi connectivity index (χ0) is 33.6. The Bertz CT molecular complexity index is 2250. The molecule has 8 heteroatoms. The van der Waals surface area contributed by atoms with Crippen molar-refractivity contribution in [3.8, 4) is 34.1 Å². The lowest BCUT2D eigenvalue weighted by Crippen LogP contribution is -2.24. The van der Waals surface area contributed by atoms with Gasteiger partial charge in [-0.25, -0.2) is 0 Å². The minimum Gasteiger partial charge on any atom is -0.492 e. The van der Waals surface area contributed by atoms with Crippen LogP contribution >= 0.6 is 0 Å². The Labute approximate surface area is 278 Å². The maximum Gasteiger partial charge on any atom is 0.307 e. The number of pyridine rings is 2. The van der Waals surface area contributed by atoms with Crippen molar-refractivity contribution in [2.75, 3.05) is 6.61 Å². The van der Waals surface area contributed by atoms with Crippen LogP contribution in [0.3, 0.4) is 0 Å². The van der Waals surface area contributed by atoms with Gasteiger partial charge in [0.25, 0.3) is 5.56 Å². The summed E-state index contributed by atoms with van der Waals surface area (Å²) in [5, 5.41) is 11.7. The molecule has 7 rings (SSSR count). The minimum atomic E-state index is -0.956. The summed E-state index contributed by atoms with van der Waals surface area (Å²) in [5.41, 5.74) is 5.41. The number of benzene rings is 4. The number of aryl methyl sites for hydroxylation is 1. The van der Waals surface area contributed by atoms with Crippen LogP contribution in [0, 0.1) is 6.92 Å². The SMILES string of the molecule is Cc1cc2c(ccc(=O)n2Cc2ccc(Oc3ccccc3)cc2)c(-c2c(OC(C)(C)C)cc3c4c(ccnc24)CCO3)c1CC(=O)O. The summed E-state index contributed by atoms with van der Waals surface area (Å²) in [4.78, 5) is 30.8. The average molecular weight is 641 g/mol. The van der Waals surface area contributed by atoms with Gasteiger partial charge in [0.1, 0.15) is 28.6 Å². The summed E-state index contributed by atoms with van der Waals surface area (Å²) in [6, 6.07) is 26.4. The van der Waals surface area contributed by atoms with Crippen LogP contribution in [0.4, 0.5) is 0 Å². The summed E-state index contributed by atoms with van der Waals surface area (Å²) in [6.07, 6.45) is 2.30. The summed E-state index contributed by atoms with van der Waals surface area (Å²) in [6.45, 7) is 8.65. The molecule has 48 heavy (non-hydrogen) atoms. The first-order chi connectivity index (χ1) is 23.1. The largest absolute Gasteiger partial charge is 0.492 e. The maximum absolute atomic E-state index is 13.6. The van der Waals surface area contributed by atoms with E-state index in [1.807, 2.05) is 100 Å². The van der Waals surface area contributed by atoms with Gasteiger partial charge in [0.15, 0.2) is 0 Å². The molecule has 4 aromatic carbocycles. The molecular weight excluding hydrogens is 604 g/mol. The third-order valence-corrected chi connectivity index (χ3v) is 8.52. The van der Waals surface area contributed by atoms with E-state index in [0.717, 1.165) is 39.6 Å². The highest BCUT2D eigenvalue weighted by Gasteiger charge is 2.28. The van der Waals surface area contributed by atoms with Crippen LogP contribution in [0.2, 0.25) is 0 Å². The van der Waals surface area contributed by atoms with E-state index >= 15 is 0 Å². The molecule has 1 aliphatic heterocycles. The number of fused-ring (bicyclic) bond motifs is 1. The quantitative estimate of drug-likeness (QED) is 0.179. The molecule has 0 bridgehead atoms. The third kappa shape index (κ3) is 5.97. The minimum absolute atomic E-state index is 0.168. The van der Waals surface area contributed by atoms with Gasteiger partial charge in [0.05, 0.1) is 36.2 Å². The van der Waals surface area contributed by atoms with E-state index in [-0.39, 0.29) is 12.0 Å². The second-order valence-corrected chi connectivity index (χ2v) is 13.1. The standard InChI is InChI=1S/C40H36N2O6/c1-24-20-31-29(14-15-34(43)42(31)23-25-10-12-28(13-11-25)47-27-8-6-5-7-9-27)37(30(24)21-35(44)45)38-33(48-40(2,3)4)22-32-36-26(17-19-46-32)16-18-41-39(36)38/h5-16,18,20,22H,17,19,21,23H2,1-4H3,(H,44,45). The number of nitrogens with zero attached hydrogens (tertiary/aromatic N) is 2. The highest BCUT2D eigenvalue weighted by atomic mass is 16.5. The average Bonchev–Trinajstić information content (AvgIpc) is 3.04. The third-order valence-electron chi connectivity index (χ3n) is 8.52. The molecule has 0 saturated carbocycles. The van der Waals surface area contributed by atoms with E-state index in [1.165, 1.54) is 0 Å². The number of carboxylic acid groups (broad SMARTS) is 1. The van der Waals surface area contributed by atoms with Gasteiger partial charge in [0.2, 0.25) is 0 Å². The first-order valence-electron chi connectivity index (χ1n) is 16.0. The molecule has 1 aliphatic rings. The molecule has 6 aromatic rings. The lowest BCUT2D eigenvalue weighted by Gasteiger charge is -2.28. The molecule has 0 atom stereocenters. The van der Waals surface area contributed by atoms with Crippen molar-refractivity contribution in [2.45, 2.75) is 52.7 Å². The number of hydrogen-bond acceptors (Lipinski definition) is 6. The summed E-state index contributed by atoms with van der Waals surface area (Å²) < 4.78 is 20.4. The van der Waals surface area contributed by atoms with E-state index in [1.54, 1.807) is 22.9 Å². The van der Waals surface area contributed by atoms with Gasteiger partial charge in [-0.15, -0.1) is 0 Å². The van der Waals surface area contributed by atoms with Crippen molar-refractivity contribution in [2.24, 2.45) is 0 Å². The lowest BCUT2D eigenvalue weighted by molar-refractivity contribution is -0.136. The Morgan fingerprint density at radius 3 is 2.44 bits per heavy atom. The molecule has 3 heterocycles.